The van der Waals surface area contributed by atoms with Gasteiger partial charge in [0.2, 0.25) is 0 Å². The highest BCUT2D eigenvalue weighted by Gasteiger charge is 2.16. The summed E-state index contributed by atoms with van der Waals surface area (Å²) in [5.74, 6) is 0.318. The molecule has 0 saturated carbocycles. The molecule has 0 radical (unpaired) electrons. The molecule has 1 heterocycles. The van der Waals surface area contributed by atoms with Crippen molar-refractivity contribution in [3.05, 3.63) is 53.4 Å². The van der Waals surface area contributed by atoms with Crippen molar-refractivity contribution in [2.75, 3.05) is 0 Å². The average molecular weight is 234 g/mol. The summed E-state index contributed by atoms with van der Waals surface area (Å²) in [6.45, 7) is 4.40. The summed E-state index contributed by atoms with van der Waals surface area (Å²) in [6.07, 6.45) is 2.65. The molecule has 1 aromatic heterocycles. The van der Waals surface area contributed by atoms with Gasteiger partial charge in [-0.2, -0.15) is 0 Å². The maximum atomic E-state index is 13.1. The van der Waals surface area contributed by atoms with Crippen LogP contribution < -0.4 is 0 Å². The summed E-state index contributed by atoms with van der Waals surface area (Å²) in [5, 5.41) is 10.2. The number of rotatable bonds is 3. The Bertz CT molecular complexity index is 522. The number of aliphatic hydroxyl groups excluding tert-OH is 1. The van der Waals surface area contributed by atoms with Crippen molar-refractivity contribution in [3.8, 4) is 0 Å². The first-order valence-corrected chi connectivity index (χ1v) is 5.58. The third-order valence-corrected chi connectivity index (χ3v) is 2.83. The summed E-state index contributed by atoms with van der Waals surface area (Å²) in [7, 11) is 0. The molecule has 0 bridgehead atoms. The average Bonchev–Trinajstić information content (AvgIpc) is 2.80. The van der Waals surface area contributed by atoms with Crippen LogP contribution in [0, 0.1) is 12.7 Å². The number of aliphatic hydroxyl groups is 1. The van der Waals surface area contributed by atoms with Crippen molar-refractivity contribution in [3.63, 3.8) is 0 Å². The highest BCUT2D eigenvalue weighted by Crippen LogP contribution is 2.22. The van der Waals surface area contributed by atoms with E-state index < -0.39 is 6.10 Å². The van der Waals surface area contributed by atoms with E-state index in [1.54, 1.807) is 25.3 Å². The van der Waals surface area contributed by atoms with Gasteiger partial charge >= 0.3 is 0 Å². The molecular formula is C13H15FN2O. The van der Waals surface area contributed by atoms with Crippen molar-refractivity contribution in [2.45, 2.75) is 26.5 Å². The lowest BCUT2D eigenvalue weighted by molar-refractivity contribution is 0.204. The third kappa shape index (κ3) is 2.22. The van der Waals surface area contributed by atoms with E-state index in [-0.39, 0.29) is 5.82 Å². The van der Waals surface area contributed by atoms with Crippen LogP contribution in [0.25, 0.3) is 0 Å². The fourth-order valence-electron chi connectivity index (χ4n) is 1.82. The lowest BCUT2D eigenvalue weighted by Gasteiger charge is -2.13. The SMILES string of the molecule is CCn1ccnc1C(O)c1ccc(F)c(C)c1. The molecule has 90 valence electrons. The summed E-state index contributed by atoms with van der Waals surface area (Å²) in [5.41, 5.74) is 1.18. The van der Waals surface area contributed by atoms with Crippen molar-refractivity contribution in [1.82, 2.24) is 9.55 Å². The topological polar surface area (TPSA) is 38.0 Å². The second kappa shape index (κ2) is 4.67. The van der Waals surface area contributed by atoms with E-state index in [1.165, 1.54) is 6.07 Å². The summed E-state index contributed by atoms with van der Waals surface area (Å²) < 4.78 is 15.0. The minimum absolute atomic E-state index is 0.264. The van der Waals surface area contributed by atoms with Crippen LogP contribution in [0.2, 0.25) is 0 Å². The molecule has 0 aliphatic heterocycles. The van der Waals surface area contributed by atoms with Crippen LogP contribution in [0.1, 0.15) is 30.0 Å². The van der Waals surface area contributed by atoms with E-state index >= 15 is 0 Å². The quantitative estimate of drug-likeness (QED) is 0.885. The molecule has 1 N–H and O–H groups in total. The minimum Gasteiger partial charge on any atom is -0.380 e. The predicted molar refractivity (Wildman–Crippen MR) is 63.1 cm³/mol. The van der Waals surface area contributed by atoms with Crippen LogP contribution >= 0.6 is 0 Å². The van der Waals surface area contributed by atoms with Gasteiger partial charge in [0.1, 0.15) is 17.7 Å². The third-order valence-electron chi connectivity index (χ3n) is 2.83. The fourth-order valence-corrected chi connectivity index (χ4v) is 1.82. The molecule has 0 aliphatic carbocycles. The number of nitrogens with zero attached hydrogens (tertiary/aromatic N) is 2. The molecule has 2 rings (SSSR count). The van der Waals surface area contributed by atoms with Crippen molar-refractivity contribution >= 4 is 0 Å². The smallest absolute Gasteiger partial charge is 0.142 e. The second-order valence-corrected chi connectivity index (χ2v) is 3.98. The maximum absolute atomic E-state index is 13.1. The Morgan fingerprint density at radius 1 is 1.47 bits per heavy atom. The van der Waals surface area contributed by atoms with E-state index in [4.69, 9.17) is 0 Å². The lowest BCUT2D eigenvalue weighted by Crippen LogP contribution is -2.09. The van der Waals surface area contributed by atoms with Gasteiger partial charge in [-0.1, -0.05) is 12.1 Å². The highest BCUT2D eigenvalue weighted by molar-refractivity contribution is 5.28. The number of imidazole rings is 1. The zero-order chi connectivity index (χ0) is 12.4. The molecule has 1 atom stereocenters. The molecule has 1 unspecified atom stereocenters. The van der Waals surface area contributed by atoms with Crippen molar-refractivity contribution in [1.29, 1.82) is 0 Å². The van der Waals surface area contributed by atoms with Gasteiger partial charge in [-0.25, -0.2) is 9.37 Å². The normalized spacial score (nSPS) is 12.7. The van der Waals surface area contributed by atoms with E-state index in [0.29, 0.717) is 17.0 Å². The molecule has 0 spiro atoms. The van der Waals surface area contributed by atoms with Gasteiger partial charge in [0.25, 0.3) is 0 Å². The van der Waals surface area contributed by atoms with Gasteiger partial charge < -0.3 is 9.67 Å². The number of halogens is 1. The zero-order valence-electron chi connectivity index (χ0n) is 9.89. The molecule has 0 fully saturated rings. The maximum Gasteiger partial charge on any atom is 0.142 e. The Kier molecular flexibility index (Phi) is 3.24. The first-order chi connectivity index (χ1) is 8.13. The van der Waals surface area contributed by atoms with Crippen LogP contribution in [0.3, 0.4) is 0 Å². The Hall–Kier alpha value is -1.68. The minimum atomic E-state index is -0.816. The van der Waals surface area contributed by atoms with E-state index in [1.807, 2.05) is 17.7 Å². The number of benzene rings is 1. The second-order valence-electron chi connectivity index (χ2n) is 3.98. The van der Waals surface area contributed by atoms with E-state index in [2.05, 4.69) is 4.98 Å². The van der Waals surface area contributed by atoms with Gasteiger partial charge in [-0.3, -0.25) is 0 Å². The van der Waals surface area contributed by atoms with Crippen molar-refractivity contribution in [2.24, 2.45) is 0 Å². The molecule has 3 nitrogen and oxygen atoms in total. The van der Waals surface area contributed by atoms with E-state index in [0.717, 1.165) is 6.54 Å². The first kappa shape index (κ1) is 11.8. The Balaban J connectivity index is 2.36. The molecule has 17 heavy (non-hydrogen) atoms. The molecule has 0 saturated heterocycles. The molecule has 0 amide bonds. The fraction of sp³-hybridized carbons (Fsp3) is 0.308. The summed E-state index contributed by atoms with van der Waals surface area (Å²) in [6, 6.07) is 4.60. The van der Waals surface area contributed by atoms with Gasteiger partial charge in [0, 0.05) is 18.9 Å². The lowest BCUT2D eigenvalue weighted by atomic mass is 10.1. The first-order valence-electron chi connectivity index (χ1n) is 5.58. The molecule has 0 aliphatic rings. The van der Waals surface area contributed by atoms with Crippen LogP contribution in [-0.4, -0.2) is 14.7 Å². The summed E-state index contributed by atoms with van der Waals surface area (Å²) in [4.78, 5) is 4.13. The number of hydrogen-bond donors (Lipinski definition) is 1. The predicted octanol–water partition coefficient (Wildman–Crippen LogP) is 2.43. The monoisotopic (exact) mass is 234 g/mol. The Labute approximate surface area is 99.5 Å². The number of aromatic nitrogens is 2. The van der Waals surface area contributed by atoms with Crippen LogP contribution in [0.4, 0.5) is 4.39 Å². The molecular weight excluding hydrogens is 219 g/mol. The van der Waals surface area contributed by atoms with Gasteiger partial charge in [0.05, 0.1) is 0 Å². The molecule has 1 aromatic carbocycles. The molecule has 2 aromatic rings. The number of aryl methyl sites for hydroxylation is 2. The Morgan fingerprint density at radius 3 is 2.88 bits per heavy atom. The zero-order valence-corrected chi connectivity index (χ0v) is 9.89. The largest absolute Gasteiger partial charge is 0.380 e. The number of hydrogen-bond acceptors (Lipinski definition) is 2. The standard InChI is InChI=1S/C13H15FN2O/c1-3-16-7-6-15-13(16)12(17)10-4-5-11(14)9(2)8-10/h4-8,12,17H,3H2,1-2H3. The van der Waals surface area contributed by atoms with Gasteiger partial charge in [0.15, 0.2) is 0 Å². The van der Waals surface area contributed by atoms with Gasteiger partial charge in [-0.15, -0.1) is 0 Å². The van der Waals surface area contributed by atoms with Gasteiger partial charge in [-0.05, 0) is 31.0 Å². The van der Waals surface area contributed by atoms with E-state index in [9.17, 15) is 9.50 Å². The highest BCUT2D eigenvalue weighted by atomic mass is 19.1. The van der Waals surface area contributed by atoms with Crippen LogP contribution in [-0.2, 0) is 6.54 Å². The van der Waals surface area contributed by atoms with Crippen molar-refractivity contribution < 1.29 is 9.50 Å². The van der Waals surface area contributed by atoms with Crippen LogP contribution in [0.5, 0.6) is 0 Å². The van der Waals surface area contributed by atoms with Crippen LogP contribution in [0.15, 0.2) is 30.6 Å². The Morgan fingerprint density at radius 2 is 2.24 bits per heavy atom. The summed E-state index contributed by atoms with van der Waals surface area (Å²) >= 11 is 0. The molecule has 4 heteroatoms.